The van der Waals surface area contributed by atoms with Crippen molar-refractivity contribution in [3.05, 3.63) is 76.2 Å². The van der Waals surface area contributed by atoms with Crippen molar-refractivity contribution in [2.75, 3.05) is 46.7 Å². The first-order chi connectivity index (χ1) is 26.8. The Kier molecular flexibility index (Phi) is 15.2. The van der Waals surface area contributed by atoms with Crippen LogP contribution in [0.4, 0.5) is 13.2 Å². The van der Waals surface area contributed by atoms with Crippen molar-refractivity contribution in [2.45, 2.75) is 110 Å². The second-order valence-electron chi connectivity index (χ2n) is 15.4. The second-order valence-corrected chi connectivity index (χ2v) is 15.4. The van der Waals surface area contributed by atoms with Gasteiger partial charge in [-0.15, -0.1) is 0 Å². The smallest absolute Gasteiger partial charge is 0.266 e. The fourth-order valence-corrected chi connectivity index (χ4v) is 7.56. The zero-order valence-electron chi connectivity index (χ0n) is 32.7. The van der Waals surface area contributed by atoms with Crippen LogP contribution in [-0.2, 0) is 38.0 Å². The molecular formula is C43H57F3N8O4. The molecule has 0 saturated carbocycles. The van der Waals surface area contributed by atoms with Crippen LogP contribution in [0.15, 0.2) is 30.5 Å². The maximum Gasteiger partial charge on any atom is 0.266 e. The van der Waals surface area contributed by atoms with Gasteiger partial charge in [-0.25, -0.2) is 36.3 Å². The van der Waals surface area contributed by atoms with Crippen LogP contribution in [0.25, 0.3) is 43.2 Å². The maximum absolute atomic E-state index is 15.8. The van der Waals surface area contributed by atoms with Gasteiger partial charge in [-0.1, -0.05) is 21.8 Å². The number of hydrogen-bond donors (Lipinski definition) is 0. The zero-order chi connectivity index (χ0) is 40.2. The summed E-state index contributed by atoms with van der Waals surface area (Å²) in [6, 6.07) is 5.40. The van der Waals surface area contributed by atoms with Crippen molar-refractivity contribution in [3.8, 4) is 22.6 Å². The molecule has 0 radical (unpaired) electrons. The molecule has 1 unspecified atom stereocenters. The lowest BCUT2D eigenvalue weighted by Crippen LogP contribution is -2.42. The van der Waals surface area contributed by atoms with Gasteiger partial charge in [-0.3, -0.25) is 9.48 Å². The van der Waals surface area contributed by atoms with E-state index in [1.165, 1.54) is 22.9 Å². The molecule has 15 heteroatoms. The molecule has 12 nitrogen and oxygen atoms in total. The summed E-state index contributed by atoms with van der Waals surface area (Å²) < 4.78 is 63.7. The van der Waals surface area contributed by atoms with E-state index in [4.69, 9.17) is 32.3 Å². The Morgan fingerprint density at radius 1 is 0.897 bits per heavy atom. The van der Waals surface area contributed by atoms with Gasteiger partial charge in [-0.2, -0.15) is 5.10 Å². The van der Waals surface area contributed by atoms with Crippen LogP contribution >= 0.6 is 0 Å². The highest BCUT2D eigenvalue weighted by molar-refractivity contribution is 5.97. The van der Waals surface area contributed by atoms with Gasteiger partial charge in [0.2, 0.25) is 17.5 Å². The van der Waals surface area contributed by atoms with Gasteiger partial charge in [0.15, 0.2) is 0 Å². The second kappa shape index (κ2) is 19.3. The summed E-state index contributed by atoms with van der Waals surface area (Å²) >= 11 is 0. The SMILES string of the molecule is C.C.CC1C(=O)N(C)Cc2c(-c3c(F)ccc4nc(-c5ccn(C)n5)c(C(F)F)cc34)nc(C3(C)CCOCC3)n21.[C-]#[N+]C1(C)CCOCC1.[C-]#[N+]C1CCOCC1. The standard InChI is InChI=1S/C28H29F3N6O2.C7H11NO.C6H9NO.2CH4/c1-15-26(38)35(3)14-21-24(33-27(37(15)21)28(2)8-11-39-12-9-28)22-16-13-17(25(30)31)23(20-7-10-36(4)34-20)32-19(16)6-5-18(22)29;1-7(8-2)3-5-9-6-4-7;1-7-6-2-4-8-5-3-6;;/h5-7,10,13,15,25H,8-9,11-12,14H2,1-4H3;3-6H2,1H3;6H,2-5H2;2*1H4. The number of nitrogens with zero attached hydrogens (tertiary/aromatic N) is 8. The van der Waals surface area contributed by atoms with Crippen molar-refractivity contribution in [3.63, 3.8) is 0 Å². The quantitative estimate of drug-likeness (QED) is 0.190. The number of aryl methyl sites for hydroxylation is 1. The van der Waals surface area contributed by atoms with Crippen molar-refractivity contribution in [2.24, 2.45) is 7.05 Å². The fourth-order valence-electron chi connectivity index (χ4n) is 7.56. The molecule has 58 heavy (non-hydrogen) atoms. The van der Waals surface area contributed by atoms with E-state index in [2.05, 4.69) is 26.7 Å². The maximum atomic E-state index is 15.8. The van der Waals surface area contributed by atoms with E-state index in [0.29, 0.717) is 54.5 Å². The van der Waals surface area contributed by atoms with Gasteiger partial charge in [0.1, 0.15) is 29.1 Å². The first-order valence-corrected chi connectivity index (χ1v) is 19.1. The van der Waals surface area contributed by atoms with E-state index in [9.17, 15) is 13.6 Å². The molecule has 3 saturated heterocycles. The molecule has 3 aromatic heterocycles. The van der Waals surface area contributed by atoms with Crippen LogP contribution in [-0.4, -0.2) is 93.4 Å². The summed E-state index contributed by atoms with van der Waals surface area (Å²) in [6.45, 7) is 23.8. The number of rotatable bonds is 4. The number of hydrogen-bond acceptors (Lipinski definition) is 7. The lowest BCUT2D eigenvalue weighted by atomic mass is 9.81. The normalized spacial score (nSPS) is 19.9. The number of carbonyl (C=O) groups is 1. The number of benzene rings is 1. The number of likely N-dealkylation sites (N-methyl/N-ethyl adjacent to an activating group) is 1. The Bertz CT molecular complexity index is 2120. The van der Waals surface area contributed by atoms with E-state index >= 15 is 4.39 Å². The van der Waals surface area contributed by atoms with E-state index in [-0.39, 0.29) is 61.1 Å². The number of amides is 1. The van der Waals surface area contributed by atoms with Gasteiger partial charge in [0, 0.05) is 88.0 Å². The average Bonchev–Trinajstić information content (AvgIpc) is 3.82. The van der Waals surface area contributed by atoms with Gasteiger partial charge < -0.3 is 33.4 Å². The third-order valence-electron chi connectivity index (χ3n) is 11.3. The van der Waals surface area contributed by atoms with E-state index in [1.807, 2.05) is 18.4 Å². The number of fused-ring (bicyclic) bond motifs is 2. The molecule has 4 aliphatic rings. The average molecular weight is 807 g/mol. The Morgan fingerprint density at radius 3 is 2.05 bits per heavy atom. The highest BCUT2D eigenvalue weighted by Crippen LogP contribution is 2.44. The van der Waals surface area contributed by atoms with Gasteiger partial charge in [-0.05, 0) is 44.0 Å². The monoisotopic (exact) mass is 806 g/mol. The van der Waals surface area contributed by atoms with E-state index in [0.717, 1.165) is 52.1 Å². The highest BCUT2D eigenvalue weighted by Gasteiger charge is 2.41. The molecule has 0 spiro atoms. The van der Waals surface area contributed by atoms with Gasteiger partial charge in [0.25, 0.3) is 6.43 Å². The summed E-state index contributed by atoms with van der Waals surface area (Å²) in [5, 5.41) is 4.49. The molecule has 4 aliphatic heterocycles. The molecule has 1 atom stereocenters. The summed E-state index contributed by atoms with van der Waals surface area (Å²) in [4.78, 5) is 31.1. The molecule has 0 bridgehead atoms. The fraction of sp³-hybridized carbons (Fsp3) is 0.581. The zero-order valence-corrected chi connectivity index (χ0v) is 32.7. The number of halogens is 3. The summed E-state index contributed by atoms with van der Waals surface area (Å²) in [6.07, 6.45) is 3.86. The minimum atomic E-state index is -2.86. The molecule has 314 valence electrons. The molecule has 3 fully saturated rings. The van der Waals surface area contributed by atoms with Crippen LogP contribution in [0.1, 0.15) is 104 Å². The lowest BCUT2D eigenvalue weighted by Gasteiger charge is -2.37. The number of ether oxygens (including phenoxy) is 3. The Morgan fingerprint density at radius 2 is 1.52 bits per heavy atom. The predicted molar refractivity (Wildman–Crippen MR) is 218 cm³/mol. The molecule has 0 aliphatic carbocycles. The molecule has 4 aromatic rings. The minimum absolute atomic E-state index is 0. The lowest BCUT2D eigenvalue weighted by molar-refractivity contribution is -0.135. The van der Waals surface area contributed by atoms with Crippen LogP contribution in [0.3, 0.4) is 0 Å². The molecule has 0 N–H and O–H groups in total. The summed E-state index contributed by atoms with van der Waals surface area (Å²) in [7, 11) is 3.39. The summed E-state index contributed by atoms with van der Waals surface area (Å²) in [5.41, 5.74) is 0.998. The van der Waals surface area contributed by atoms with Crippen LogP contribution in [0, 0.1) is 19.0 Å². The molecule has 1 aromatic carbocycles. The number of pyridine rings is 1. The first-order valence-electron chi connectivity index (χ1n) is 19.1. The Hall–Kier alpha value is -4.83. The molecule has 7 heterocycles. The Labute approximate surface area is 340 Å². The summed E-state index contributed by atoms with van der Waals surface area (Å²) in [5.74, 6) is 0.0311. The number of alkyl halides is 2. The molecule has 1 amide bonds. The third-order valence-corrected chi connectivity index (χ3v) is 11.3. The number of aromatic nitrogens is 5. The topological polar surface area (TPSA) is 105 Å². The van der Waals surface area contributed by atoms with E-state index in [1.54, 1.807) is 31.3 Å². The highest BCUT2D eigenvalue weighted by atomic mass is 19.3. The minimum Gasteiger partial charge on any atom is -0.381 e. The molecule has 8 rings (SSSR count). The number of carbonyl (C=O) groups excluding carboxylic acids is 1. The van der Waals surface area contributed by atoms with Crippen LogP contribution in [0.2, 0.25) is 0 Å². The Balaban J connectivity index is 0.000000324. The van der Waals surface area contributed by atoms with Crippen LogP contribution in [0.5, 0.6) is 0 Å². The molecular weight excluding hydrogens is 750 g/mol. The van der Waals surface area contributed by atoms with E-state index < -0.39 is 23.7 Å². The third kappa shape index (κ3) is 9.54. The van der Waals surface area contributed by atoms with Gasteiger partial charge in [0.05, 0.1) is 49.9 Å². The van der Waals surface area contributed by atoms with Crippen molar-refractivity contribution < 1.29 is 32.2 Å². The van der Waals surface area contributed by atoms with Crippen molar-refractivity contribution in [1.29, 1.82) is 0 Å². The largest absolute Gasteiger partial charge is 0.381 e. The van der Waals surface area contributed by atoms with Crippen molar-refractivity contribution >= 4 is 16.8 Å². The van der Waals surface area contributed by atoms with Gasteiger partial charge >= 0.3 is 0 Å². The first kappa shape index (κ1) is 45.9. The number of imidazole rings is 1. The van der Waals surface area contributed by atoms with Crippen molar-refractivity contribution in [1.82, 2.24) is 29.2 Å². The predicted octanol–water partition coefficient (Wildman–Crippen LogP) is 9.01. The van der Waals surface area contributed by atoms with Crippen LogP contribution < -0.4 is 0 Å².